The highest BCUT2D eigenvalue weighted by Crippen LogP contribution is 2.43. The van der Waals surface area contributed by atoms with Crippen LogP contribution in [0.3, 0.4) is 0 Å². The summed E-state index contributed by atoms with van der Waals surface area (Å²) < 4.78 is 6.03. The lowest BCUT2D eigenvalue weighted by Crippen LogP contribution is -2.26. The van der Waals surface area contributed by atoms with Crippen LogP contribution in [0.2, 0.25) is 0 Å². The number of hydrogen-bond donors (Lipinski definition) is 0. The van der Waals surface area contributed by atoms with Gasteiger partial charge in [-0.15, -0.1) is 11.3 Å². The topological polar surface area (TPSA) is 36.3 Å². The van der Waals surface area contributed by atoms with E-state index in [1.807, 2.05) is 18.2 Å². The van der Waals surface area contributed by atoms with Gasteiger partial charge in [-0.3, -0.25) is 0 Å². The van der Waals surface area contributed by atoms with Gasteiger partial charge in [0.05, 0.1) is 11.6 Å². The van der Waals surface area contributed by atoms with Crippen molar-refractivity contribution >= 4 is 16.9 Å². The van der Waals surface area contributed by atoms with E-state index in [4.69, 9.17) is 4.74 Å². The molecule has 3 heterocycles. The highest BCUT2D eigenvalue weighted by molar-refractivity contribution is 7.11. The predicted octanol–water partition coefficient (Wildman–Crippen LogP) is 4.04. The summed E-state index contributed by atoms with van der Waals surface area (Å²) in [6.07, 6.45) is 2.17. The molecule has 0 amide bonds. The maximum atomic E-state index is 9.29. The second kappa shape index (κ2) is 5.84. The van der Waals surface area contributed by atoms with E-state index in [9.17, 15) is 5.26 Å². The Labute approximate surface area is 140 Å². The molecule has 23 heavy (non-hydrogen) atoms. The Morgan fingerprint density at radius 1 is 1.22 bits per heavy atom. The molecule has 3 nitrogen and oxygen atoms in total. The third kappa shape index (κ3) is 2.56. The Morgan fingerprint density at radius 3 is 2.83 bits per heavy atom. The molecule has 0 aliphatic carbocycles. The van der Waals surface area contributed by atoms with Crippen molar-refractivity contribution in [3.8, 4) is 11.8 Å². The monoisotopic (exact) mass is 322 g/mol. The first-order valence-corrected chi connectivity index (χ1v) is 8.79. The van der Waals surface area contributed by atoms with Crippen LogP contribution < -0.4 is 4.74 Å². The fraction of sp³-hybridized carbons (Fsp3) is 0.316. The van der Waals surface area contributed by atoms with E-state index < -0.39 is 0 Å². The molecule has 0 spiro atoms. The number of rotatable bonds is 0. The van der Waals surface area contributed by atoms with Gasteiger partial charge in [0, 0.05) is 34.7 Å². The number of likely N-dealkylation sites (tertiary alicyclic amines) is 1. The molecule has 0 N–H and O–H groups in total. The molecule has 0 bridgehead atoms. The number of fused-ring (bicyclic) bond motifs is 2. The van der Waals surface area contributed by atoms with E-state index >= 15 is 0 Å². The van der Waals surface area contributed by atoms with Crippen LogP contribution in [0.15, 0.2) is 35.2 Å². The fourth-order valence-electron chi connectivity index (χ4n) is 3.36. The molecule has 1 saturated heterocycles. The maximum Gasteiger partial charge on any atom is 0.127 e. The van der Waals surface area contributed by atoms with Gasteiger partial charge in [-0.25, -0.2) is 0 Å². The molecule has 0 atom stereocenters. The average molecular weight is 322 g/mol. The Balaban J connectivity index is 1.94. The first-order chi connectivity index (χ1) is 11.3. The Bertz CT molecular complexity index is 818. The fourth-order valence-corrected chi connectivity index (χ4v) is 4.38. The van der Waals surface area contributed by atoms with Crippen LogP contribution in [0.4, 0.5) is 0 Å². The molecular weight excluding hydrogens is 304 g/mol. The molecule has 0 unspecified atom stereocenters. The lowest BCUT2D eigenvalue weighted by Gasteiger charge is -2.26. The lowest BCUT2D eigenvalue weighted by molar-refractivity contribution is 0.307. The van der Waals surface area contributed by atoms with Crippen molar-refractivity contribution in [1.29, 1.82) is 5.26 Å². The minimum absolute atomic E-state index is 0.606. The summed E-state index contributed by atoms with van der Waals surface area (Å²) in [4.78, 5) is 3.69. The summed E-state index contributed by atoms with van der Waals surface area (Å²) in [6, 6.07) is 10.2. The first kappa shape index (κ1) is 14.5. The van der Waals surface area contributed by atoms with Crippen LogP contribution in [0.5, 0.6) is 5.75 Å². The van der Waals surface area contributed by atoms with Crippen molar-refractivity contribution in [3.63, 3.8) is 0 Å². The smallest absolute Gasteiger partial charge is 0.127 e. The minimum atomic E-state index is 0.606. The van der Waals surface area contributed by atoms with E-state index in [-0.39, 0.29) is 0 Å². The van der Waals surface area contributed by atoms with Gasteiger partial charge in [0.25, 0.3) is 0 Å². The van der Waals surface area contributed by atoms with Crippen molar-refractivity contribution < 1.29 is 4.74 Å². The average Bonchev–Trinajstić information content (AvgIpc) is 2.98. The van der Waals surface area contributed by atoms with Crippen LogP contribution in [0.25, 0.3) is 5.57 Å². The van der Waals surface area contributed by atoms with Gasteiger partial charge in [0.15, 0.2) is 0 Å². The lowest BCUT2D eigenvalue weighted by atomic mass is 9.90. The van der Waals surface area contributed by atoms with Gasteiger partial charge in [-0.1, -0.05) is 5.57 Å². The van der Waals surface area contributed by atoms with Crippen LogP contribution >= 0.6 is 11.3 Å². The second-order valence-corrected chi connectivity index (χ2v) is 7.08. The zero-order valence-electron chi connectivity index (χ0n) is 13.1. The summed E-state index contributed by atoms with van der Waals surface area (Å²) in [5.41, 5.74) is 5.84. The predicted molar refractivity (Wildman–Crippen MR) is 92.6 cm³/mol. The number of benzene rings is 1. The number of thiophene rings is 1. The van der Waals surface area contributed by atoms with Crippen molar-refractivity contribution in [1.82, 2.24) is 4.90 Å². The highest BCUT2D eigenvalue weighted by Gasteiger charge is 2.25. The summed E-state index contributed by atoms with van der Waals surface area (Å²) in [7, 11) is 2.18. The molecule has 4 heteroatoms. The van der Waals surface area contributed by atoms with Gasteiger partial charge < -0.3 is 9.64 Å². The van der Waals surface area contributed by atoms with E-state index in [0.29, 0.717) is 12.2 Å². The SMILES string of the molecule is CN1CCC(=C2c3cc(C#N)ccc3OCc3ccsc32)CC1. The second-order valence-electron chi connectivity index (χ2n) is 6.17. The van der Waals surface area contributed by atoms with E-state index in [2.05, 4.69) is 29.5 Å². The Hall–Kier alpha value is -2.09. The minimum Gasteiger partial charge on any atom is -0.488 e. The Morgan fingerprint density at radius 2 is 2.04 bits per heavy atom. The standard InChI is InChI=1S/C19H18N2OS/c1-21-7-4-14(5-8-21)18-16-10-13(11-20)2-3-17(16)22-12-15-6-9-23-19(15)18/h2-3,6,9-10H,4-5,7-8,12H2,1H3. The highest BCUT2D eigenvalue weighted by atomic mass is 32.1. The van der Waals surface area contributed by atoms with Gasteiger partial charge >= 0.3 is 0 Å². The molecule has 2 aliphatic heterocycles. The molecule has 1 aromatic heterocycles. The van der Waals surface area contributed by atoms with Gasteiger partial charge in [0.1, 0.15) is 12.4 Å². The number of ether oxygens (including phenoxy) is 1. The zero-order valence-corrected chi connectivity index (χ0v) is 13.9. The van der Waals surface area contributed by atoms with Crippen LogP contribution in [0, 0.1) is 11.3 Å². The maximum absolute atomic E-state index is 9.29. The summed E-state index contributed by atoms with van der Waals surface area (Å²) in [6.45, 7) is 2.79. The quantitative estimate of drug-likeness (QED) is 0.734. The van der Waals surface area contributed by atoms with Crippen LogP contribution in [0.1, 0.15) is 34.4 Å². The van der Waals surface area contributed by atoms with Crippen LogP contribution in [-0.4, -0.2) is 25.0 Å². The molecule has 2 aromatic rings. The number of hydrogen-bond acceptors (Lipinski definition) is 4. The number of piperidine rings is 1. The van der Waals surface area contributed by atoms with Crippen molar-refractivity contribution in [2.24, 2.45) is 0 Å². The van der Waals surface area contributed by atoms with Crippen LogP contribution in [-0.2, 0) is 6.61 Å². The van der Waals surface area contributed by atoms with Crippen molar-refractivity contribution in [2.75, 3.05) is 20.1 Å². The third-order valence-electron chi connectivity index (χ3n) is 4.68. The molecular formula is C19H18N2OS. The largest absolute Gasteiger partial charge is 0.488 e. The first-order valence-electron chi connectivity index (χ1n) is 7.91. The van der Waals surface area contributed by atoms with E-state index in [1.54, 1.807) is 11.3 Å². The van der Waals surface area contributed by atoms with Crippen molar-refractivity contribution in [3.05, 3.63) is 56.8 Å². The number of nitriles is 1. The molecule has 0 saturated carbocycles. The molecule has 2 aliphatic rings. The van der Waals surface area contributed by atoms with E-state index in [0.717, 1.165) is 37.2 Å². The molecule has 116 valence electrons. The van der Waals surface area contributed by atoms with Crippen molar-refractivity contribution in [2.45, 2.75) is 19.4 Å². The molecule has 4 rings (SSSR count). The van der Waals surface area contributed by atoms with E-state index in [1.165, 1.54) is 21.6 Å². The van der Waals surface area contributed by atoms with Gasteiger partial charge in [-0.05, 0) is 49.5 Å². The summed E-state index contributed by atoms with van der Waals surface area (Å²) in [5.74, 6) is 0.897. The molecule has 0 radical (unpaired) electrons. The third-order valence-corrected chi connectivity index (χ3v) is 5.65. The molecule has 1 fully saturated rings. The Kier molecular flexibility index (Phi) is 3.68. The molecule has 1 aromatic carbocycles. The van der Waals surface area contributed by atoms with Gasteiger partial charge in [0.2, 0.25) is 0 Å². The van der Waals surface area contributed by atoms with Gasteiger partial charge in [-0.2, -0.15) is 5.26 Å². The summed E-state index contributed by atoms with van der Waals surface area (Å²) >= 11 is 1.78. The summed E-state index contributed by atoms with van der Waals surface area (Å²) in [5, 5.41) is 11.4. The number of nitrogens with zero attached hydrogens (tertiary/aromatic N) is 2. The normalized spacial score (nSPS) is 17.7. The zero-order chi connectivity index (χ0) is 15.8.